The van der Waals surface area contributed by atoms with Crippen molar-refractivity contribution in [2.24, 2.45) is 17.6 Å². The summed E-state index contributed by atoms with van der Waals surface area (Å²) in [4.78, 5) is 14.5. The summed E-state index contributed by atoms with van der Waals surface area (Å²) in [7, 11) is 1.95. The van der Waals surface area contributed by atoms with Crippen molar-refractivity contribution >= 4 is 11.5 Å². The number of nitrogens with zero attached hydrogens (tertiary/aromatic N) is 1. The molecule has 0 amide bonds. The quantitative estimate of drug-likeness (QED) is 0.563. The Hall–Kier alpha value is -3.05. The van der Waals surface area contributed by atoms with Crippen LogP contribution in [0.1, 0.15) is 57.0 Å². The molecule has 0 bridgehead atoms. The van der Waals surface area contributed by atoms with Crippen LogP contribution in [0.15, 0.2) is 77.9 Å². The average Bonchev–Trinajstić information content (AvgIpc) is 3.17. The Bertz CT molecular complexity index is 1040. The third-order valence-electron chi connectivity index (χ3n) is 6.38. The molecule has 33 heavy (non-hydrogen) atoms. The van der Waals surface area contributed by atoms with E-state index in [1.54, 1.807) is 13.8 Å². The van der Waals surface area contributed by atoms with Gasteiger partial charge in [0.05, 0.1) is 11.6 Å². The topological polar surface area (TPSA) is 75.8 Å². The molecule has 0 radical (unpaired) electrons. The van der Waals surface area contributed by atoms with E-state index in [4.69, 9.17) is 10.5 Å². The van der Waals surface area contributed by atoms with Crippen LogP contribution in [-0.2, 0) is 4.74 Å². The van der Waals surface area contributed by atoms with Gasteiger partial charge in [-0.15, -0.1) is 0 Å². The predicted molar refractivity (Wildman–Crippen MR) is 134 cm³/mol. The second-order valence-electron chi connectivity index (χ2n) is 9.51. The van der Waals surface area contributed by atoms with Gasteiger partial charge in [-0.25, -0.2) is 0 Å². The number of hydrogen-bond donors (Lipinski definition) is 2. The summed E-state index contributed by atoms with van der Waals surface area (Å²) in [5.74, 6) is 1.79. The summed E-state index contributed by atoms with van der Waals surface area (Å²) in [5.41, 5.74) is 8.37. The van der Waals surface area contributed by atoms with E-state index in [0.717, 1.165) is 40.2 Å². The first-order valence-corrected chi connectivity index (χ1v) is 11.6. The van der Waals surface area contributed by atoms with Crippen molar-refractivity contribution in [1.29, 1.82) is 0 Å². The normalized spacial score (nSPS) is 23.3. The Morgan fingerprint density at radius 1 is 1.27 bits per heavy atom. The monoisotopic (exact) mass is 448 g/mol. The SMILES string of the molecule is CC[C@@H](C)C(=O)c1ccc(C2=CC(C)/C(=C(\C=CN)C3=CC(C(C)(C)O)N(C)C=C3)O2)cc1. The van der Waals surface area contributed by atoms with Crippen molar-refractivity contribution in [2.45, 2.75) is 52.7 Å². The highest BCUT2D eigenvalue weighted by atomic mass is 16.5. The standard InChI is InChI=1S/C28H36N2O3/c1-7-18(2)26(31)21-10-8-20(9-11-21)24-16-19(3)27(33-24)23(12-14-29)22-13-15-30(6)25(17-22)28(4,5)32/h8-19,25,32H,7,29H2,1-6H3/b14-12?,27-23-/t18-,19?,25?/m1/s1. The number of nitrogens with two attached hydrogens (primary N) is 1. The van der Waals surface area contributed by atoms with Gasteiger partial charge in [-0.1, -0.05) is 51.1 Å². The molecule has 2 aliphatic rings. The summed E-state index contributed by atoms with van der Waals surface area (Å²) in [6, 6.07) is 7.44. The molecule has 176 valence electrons. The third kappa shape index (κ3) is 5.31. The van der Waals surface area contributed by atoms with Crippen LogP contribution in [0.4, 0.5) is 0 Å². The van der Waals surface area contributed by atoms with Gasteiger partial charge < -0.3 is 20.5 Å². The number of benzene rings is 1. The van der Waals surface area contributed by atoms with Gasteiger partial charge in [0.2, 0.25) is 0 Å². The lowest BCUT2D eigenvalue weighted by Gasteiger charge is -2.37. The predicted octanol–water partition coefficient (Wildman–Crippen LogP) is 5.17. The maximum Gasteiger partial charge on any atom is 0.165 e. The van der Waals surface area contributed by atoms with Crippen LogP contribution in [0.2, 0.25) is 0 Å². The fourth-order valence-corrected chi connectivity index (χ4v) is 4.20. The third-order valence-corrected chi connectivity index (χ3v) is 6.38. The van der Waals surface area contributed by atoms with Gasteiger partial charge in [-0.2, -0.15) is 0 Å². The summed E-state index contributed by atoms with van der Waals surface area (Å²) in [6.45, 7) is 9.67. The number of Topliss-reactive ketones (excluding diaryl/α,β-unsaturated/α-hetero) is 1. The van der Waals surface area contributed by atoms with Gasteiger partial charge in [0.1, 0.15) is 11.5 Å². The number of aliphatic hydroxyl groups is 1. The fraction of sp³-hybridized carbons (Fsp3) is 0.393. The van der Waals surface area contributed by atoms with Crippen molar-refractivity contribution < 1.29 is 14.6 Å². The summed E-state index contributed by atoms with van der Waals surface area (Å²) >= 11 is 0. The molecule has 0 fully saturated rings. The average molecular weight is 449 g/mol. The minimum atomic E-state index is -0.910. The van der Waals surface area contributed by atoms with E-state index in [1.807, 2.05) is 74.5 Å². The zero-order chi connectivity index (χ0) is 24.3. The van der Waals surface area contributed by atoms with E-state index in [9.17, 15) is 9.90 Å². The first-order valence-electron chi connectivity index (χ1n) is 11.6. The lowest BCUT2D eigenvalue weighted by molar-refractivity contribution is 0.0239. The van der Waals surface area contributed by atoms with E-state index >= 15 is 0 Å². The summed E-state index contributed by atoms with van der Waals surface area (Å²) in [6.07, 6.45) is 12.3. The minimum absolute atomic E-state index is 0.0153. The minimum Gasteiger partial charge on any atom is -0.460 e. The number of rotatable bonds is 7. The van der Waals surface area contributed by atoms with Gasteiger partial charge in [0.15, 0.2) is 5.78 Å². The number of carbonyl (C=O) groups is 1. The Kier molecular flexibility index (Phi) is 7.33. The van der Waals surface area contributed by atoms with Crippen molar-refractivity contribution in [3.05, 3.63) is 89.0 Å². The molecular weight excluding hydrogens is 412 g/mol. The van der Waals surface area contributed by atoms with Crippen LogP contribution in [0, 0.1) is 11.8 Å². The van der Waals surface area contributed by atoms with E-state index in [-0.39, 0.29) is 23.7 Å². The first-order chi connectivity index (χ1) is 15.6. The van der Waals surface area contributed by atoms with Crippen molar-refractivity contribution in [3.63, 3.8) is 0 Å². The maximum absolute atomic E-state index is 12.5. The maximum atomic E-state index is 12.5. The second kappa shape index (κ2) is 9.84. The molecule has 0 spiro atoms. The molecule has 2 heterocycles. The molecule has 1 aromatic rings. The number of ether oxygens (including phenoxy) is 1. The molecule has 2 aliphatic heterocycles. The smallest absolute Gasteiger partial charge is 0.165 e. The number of ketones is 1. The largest absolute Gasteiger partial charge is 0.460 e. The Morgan fingerprint density at radius 2 is 1.94 bits per heavy atom. The number of likely N-dealkylation sites (N-methyl/N-ethyl adjacent to an activating group) is 1. The van der Waals surface area contributed by atoms with Crippen LogP contribution in [0.25, 0.3) is 5.76 Å². The first kappa shape index (κ1) is 24.6. The van der Waals surface area contributed by atoms with Gasteiger partial charge in [0, 0.05) is 41.8 Å². The number of hydrogen-bond acceptors (Lipinski definition) is 5. The number of allylic oxidation sites excluding steroid dienone is 5. The van der Waals surface area contributed by atoms with Crippen LogP contribution in [0.5, 0.6) is 0 Å². The lowest BCUT2D eigenvalue weighted by Crippen LogP contribution is -2.45. The van der Waals surface area contributed by atoms with E-state index in [0.29, 0.717) is 0 Å². The Morgan fingerprint density at radius 3 is 2.52 bits per heavy atom. The molecule has 3 atom stereocenters. The fourth-order valence-electron chi connectivity index (χ4n) is 4.20. The highest BCUT2D eigenvalue weighted by Crippen LogP contribution is 2.38. The van der Waals surface area contributed by atoms with Crippen molar-refractivity contribution in [2.75, 3.05) is 7.05 Å². The summed E-state index contributed by atoms with van der Waals surface area (Å²) < 4.78 is 6.34. The molecule has 0 aliphatic carbocycles. The molecule has 1 aromatic carbocycles. The van der Waals surface area contributed by atoms with Crippen molar-refractivity contribution in [3.8, 4) is 0 Å². The molecule has 5 heteroatoms. The van der Waals surface area contributed by atoms with E-state index < -0.39 is 5.60 Å². The molecule has 2 unspecified atom stereocenters. The van der Waals surface area contributed by atoms with Gasteiger partial charge >= 0.3 is 0 Å². The second-order valence-corrected chi connectivity index (χ2v) is 9.51. The van der Waals surface area contributed by atoms with Gasteiger partial charge in [-0.05, 0) is 50.3 Å². The molecular formula is C28H36N2O3. The summed E-state index contributed by atoms with van der Waals surface area (Å²) in [5, 5.41) is 10.6. The molecule has 3 rings (SSSR count). The zero-order valence-corrected chi connectivity index (χ0v) is 20.5. The van der Waals surface area contributed by atoms with Crippen LogP contribution >= 0.6 is 0 Å². The Labute approximate surface area is 197 Å². The molecule has 3 N–H and O–H groups in total. The molecule has 0 saturated carbocycles. The van der Waals surface area contributed by atoms with Gasteiger partial charge in [-0.3, -0.25) is 4.79 Å². The molecule has 0 aromatic heterocycles. The number of carbonyl (C=O) groups excluding carboxylic acids is 1. The van der Waals surface area contributed by atoms with Crippen LogP contribution in [-0.4, -0.2) is 34.5 Å². The van der Waals surface area contributed by atoms with Crippen LogP contribution < -0.4 is 5.73 Å². The zero-order valence-electron chi connectivity index (χ0n) is 20.5. The van der Waals surface area contributed by atoms with E-state index in [1.165, 1.54) is 6.20 Å². The van der Waals surface area contributed by atoms with Gasteiger partial charge in [0.25, 0.3) is 0 Å². The van der Waals surface area contributed by atoms with Crippen molar-refractivity contribution in [1.82, 2.24) is 4.90 Å². The lowest BCUT2D eigenvalue weighted by atomic mass is 9.89. The Balaban J connectivity index is 1.92. The highest BCUT2D eigenvalue weighted by molar-refractivity contribution is 5.97. The van der Waals surface area contributed by atoms with Crippen LogP contribution in [0.3, 0.4) is 0 Å². The van der Waals surface area contributed by atoms with E-state index in [2.05, 4.69) is 13.0 Å². The molecule has 0 saturated heterocycles. The highest BCUT2D eigenvalue weighted by Gasteiger charge is 2.31. The molecule has 5 nitrogen and oxygen atoms in total.